The van der Waals surface area contributed by atoms with Gasteiger partial charge in [-0.25, -0.2) is 4.79 Å². The third kappa shape index (κ3) is 5.02. The molecule has 0 bridgehead atoms. The summed E-state index contributed by atoms with van der Waals surface area (Å²) in [5.74, 6) is -0.851. The van der Waals surface area contributed by atoms with E-state index in [0.717, 1.165) is 5.00 Å². The van der Waals surface area contributed by atoms with Gasteiger partial charge >= 0.3 is 12.0 Å². The van der Waals surface area contributed by atoms with Gasteiger partial charge in [0.2, 0.25) is 0 Å². The summed E-state index contributed by atoms with van der Waals surface area (Å²) in [4.78, 5) is 21.4. The van der Waals surface area contributed by atoms with Crippen LogP contribution in [0.1, 0.15) is 12.8 Å². The summed E-state index contributed by atoms with van der Waals surface area (Å²) in [5.41, 5.74) is 0. The molecule has 15 heavy (non-hydrogen) atoms. The Labute approximate surface area is 91.1 Å². The van der Waals surface area contributed by atoms with Crippen LogP contribution in [-0.2, 0) is 4.79 Å². The lowest BCUT2D eigenvalue weighted by Gasteiger charge is -2.04. The maximum atomic E-state index is 11.2. The van der Waals surface area contributed by atoms with E-state index in [1.807, 2.05) is 11.4 Å². The van der Waals surface area contributed by atoms with Crippen LogP contribution in [0.2, 0.25) is 0 Å². The molecule has 1 heterocycles. The molecule has 0 fully saturated rings. The van der Waals surface area contributed by atoms with Gasteiger partial charge in [-0.2, -0.15) is 0 Å². The molecule has 5 nitrogen and oxygen atoms in total. The molecular weight excluding hydrogens is 216 g/mol. The minimum atomic E-state index is -0.851. The molecule has 0 aliphatic rings. The maximum Gasteiger partial charge on any atom is 0.319 e. The molecule has 1 aromatic rings. The van der Waals surface area contributed by atoms with Gasteiger partial charge in [0.05, 0.1) is 5.00 Å². The van der Waals surface area contributed by atoms with Gasteiger partial charge in [0.25, 0.3) is 0 Å². The van der Waals surface area contributed by atoms with Crippen molar-refractivity contribution in [2.24, 2.45) is 0 Å². The number of carboxylic acid groups (broad SMARTS) is 1. The van der Waals surface area contributed by atoms with Crippen LogP contribution in [0.5, 0.6) is 0 Å². The Morgan fingerprint density at radius 2 is 2.27 bits per heavy atom. The van der Waals surface area contributed by atoms with Crippen molar-refractivity contribution >= 4 is 28.3 Å². The van der Waals surface area contributed by atoms with Crippen LogP contribution in [0.3, 0.4) is 0 Å². The third-order valence-electron chi connectivity index (χ3n) is 1.61. The second kappa shape index (κ2) is 6.02. The van der Waals surface area contributed by atoms with Gasteiger partial charge in [0.1, 0.15) is 0 Å². The summed E-state index contributed by atoms with van der Waals surface area (Å²) in [6.07, 6.45) is 0.506. The number of hydrogen-bond acceptors (Lipinski definition) is 3. The Kier molecular flexibility index (Phi) is 4.62. The number of thiophene rings is 1. The topological polar surface area (TPSA) is 78.4 Å². The number of carbonyl (C=O) groups is 2. The van der Waals surface area contributed by atoms with Crippen LogP contribution in [0.25, 0.3) is 0 Å². The number of carboxylic acids is 1. The van der Waals surface area contributed by atoms with Gasteiger partial charge in [-0.05, 0) is 23.9 Å². The molecule has 2 amide bonds. The zero-order valence-electron chi connectivity index (χ0n) is 8.03. The van der Waals surface area contributed by atoms with Gasteiger partial charge in [0, 0.05) is 13.0 Å². The van der Waals surface area contributed by atoms with Crippen molar-refractivity contribution in [2.45, 2.75) is 12.8 Å². The van der Waals surface area contributed by atoms with Gasteiger partial charge in [-0.15, -0.1) is 11.3 Å². The zero-order chi connectivity index (χ0) is 11.1. The number of rotatable bonds is 5. The normalized spacial score (nSPS) is 9.60. The number of amides is 2. The number of nitrogens with one attached hydrogen (secondary N) is 2. The van der Waals surface area contributed by atoms with Crippen molar-refractivity contribution in [3.05, 3.63) is 17.5 Å². The van der Waals surface area contributed by atoms with Crippen molar-refractivity contribution in [1.29, 1.82) is 0 Å². The van der Waals surface area contributed by atoms with Crippen LogP contribution >= 0.6 is 11.3 Å². The van der Waals surface area contributed by atoms with Crippen molar-refractivity contribution < 1.29 is 14.7 Å². The molecule has 0 aliphatic heterocycles. The first-order chi connectivity index (χ1) is 7.18. The average Bonchev–Trinajstić information content (AvgIpc) is 2.64. The van der Waals surface area contributed by atoms with E-state index in [1.165, 1.54) is 11.3 Å². The molecule has 0 aliphatic carbocycles. The van der Waals surface area contributed by atoms with E-state index >= 15 is 0 Å². The molecule has 6 heteroatoms. The highest BCUT2D eigenvalue weighted by Crippen LogP contribution is 2.14. The van der Waals surface area contributed by atoms with E-state index in [2.05, 4.69) is 10.6 Å². The predicted molar refractivity (Wildman–Crippen MR) is 58.2 cm³/mol. The van der Waals surface area contributed by atoms with Crippen molar-refractivity contribution in [2.75, 3.05) is 11.9 Å². The number of carbonyl (C=O) groups excluding carboxylic acids is 1. The van der Waals surface area contributed by atoms with Gasteiger partial charge in [-0.1, -0.05) is 0 Å². The fraction of sp³-hybridized carbons (Fsp3) is 0.333. The molecule has 1 rings (SSSR count). The zero-order valence-corrected chi connectivity index (χ0v) is 8.84. The van der Waals surface area contributed by atoms with E-state index in [1.54, 1.807) is 6.07 Å². The fourth-order valence-electron chi connectivity index (χ4n) is 0.947. The van der Waals surface area contributed by atoms with Crippen molar-refractivity contribution in [3.63, 3.8) is 0 Å². The average molecular weight is 228 g/mol. The summed E-state index contributed by atoms with van der Waals surface area (Å²) in [6, 6.07) is 3.33. The SMILES string of the molecule is O=C(O)CCCNC(=O)Nc1cccs1. The predicted octanol–water partition coefficient (Wildman–Crippen LogP) is 1.73. The molecule has 3 N–H and O–H groups in total. The van der Waals surface area contributed by atoms with Crippen molar-refractivity contribution in [3.8, 4) is 0 Å². The second-order valence-electron chi connectivity index (χ2n) is 2.86. The third-order valence-corrected chi connectivity index (χ3v) is 2.40. The second-order valence-corrected chi connectivity index (χ2v) is 3.80. The summed E-state index contributed by atoms with van der Waals surface area (Å²) in [7, 11) is 0. The fourth-order valence-corrected chi connectivity index (χ4v) is 1.56. The largest absolute Gasteiger partial charge is 0.481 e. The first kappa shape index (κ1) is 11.5. The molecule has 1 aromatic heterocycles. The van der Waals surface area contributed by atoms with Crippen LogP contribution in [0.15, 0.2) is 17.5 Å². The Bertz CT molecular complexity index is 324. The van der Waals surface area contributed by atoms with Gasteiger partial charge in [0.15, 0.2) is 0 Å². The highest BCUT2D eigenvalue weighted by molar-refractivity contribution is 7.14. The van der Waals surface area contributed by atoms with E-state index in [9.17, 15) is 9.59 Å². The Balaban J connectivity index is 2.11. The first-order valence-corrected chi connectivity index (χ1v) is 5.36. The maximum absolute atomic E-state index is 11.2. The number of anilines is 1. The van der Waals surface area contributed by atoms with E-state index < -0.39 is 5.97 Å². The molecular formula is C9H12N2O3S. The Morgan fingerprint density at radius 1 is 1.47 bits per heavy atom. The van der Waals surface area contributed by atoms with Crippen LogP contribution in [0.4, 0.5) is 9.80 Å². The lowest BCUT2D eigenvalue weighted by atomic mass is 10.3. The number of urea groups is 1. The summed E-state index contributed by atoms with van der Waals surface area (Å²) < 4.78 is 0. The highest BCUT2D eigenvalue weighted by Gasteiger charge is 2.02. The molecule has 0 spiro atoms. The first-order valence-electron chi connectivity index (χ1n) is 4.48. The number of hydrogen-bond donors (Lipinski definition) is 3. The molecule has 0 saturated heterocycles. The summed E-state index contributed by atoms with van der Waals surface area (Å²) >= 11 is 1.43. The lowest BCUT2D eigenvalue weighted by molar-refractivity contribution is -0.137. The van der Waals surface area contributed by atoms with Crippen molar-refractivity contribution in [1.82, 2.24) is 5.32 Å². The monoisotopic (exact) mass is 228 g/mol. The molecule has 0 atom stereocenters. The van der Waals surface area contributed by atoms with Gasteiger partial charge < -0.3 is 10.4 Å². The summed E-state index contributed by atoms with van der Waals surface area (Å²) in [5, 5.41) is 16.2. The number of aliphatic carboxylic acids is 1. The highest BCUT2D eigenvalue weighted by atomic mass is 32.1. The van der Waals surface area contributed by atoms with Crippen LogP contribution < -0.4 is 10.6 Å². The van der Waals surface area contributed by atoms with Crippen LogP contribution in [0, 0.1) is 0 Å². The smallest absolute Gasteiger partial charge is 0.319 e. The minimum Gasteiger partial charge on any atom is -0.481 e. The molecule has 0 radical (unpaired) electrons. The quantitative estimate of drug-likeness (QED) is 0.671. The molecule has 0 saturated carbocycles. The Hall–Kier alpha value is -1.56. The van der Waals surface area contributed by atoms with Crippen LogP contribution in [-0.4, -0.2) is 23.7 Å². The molecule has 0 unspecified atom stereocenters. The Morgan fingerprint density at radius 3 is 2.87 bits per heavy atom. The van der Waals surface area contributed by atoms with E-state index in [4.69, 9.17) is 5.11 Å². The van der Waals surface area contributed by atoms with E-state index in [0.29, 0.717) is 13.0 Å². The standard InChI is InChI=1S/C9H12N2O3S/c12-8(13)4-1-5-10-9(14)11-7-3-2-6-15-7/h2-3,6H,1,4-5H2,(H,12,13)(H2,10,11,14). The van der Waals surface area contributed by atoms with Gasteiger partial charge in [-0.3, -0.25) is 10.1 Å². The molecule has 82 valence electrons. The minimum absolute atomic E-state index is 0.0687. The summed E-state index contributed by atoms with van der Waals surface area (Å²) in [6.45, 7) is 0.365. The lowest BCUT2D eigenvalue weighted by Crippen LogP contribution is -2.29. The molecule has 0 aromatic carbocycles. The van der Waals surface area contributed by atoms with E-state index in [-0.39, 0.29) is 12.5 Å².